The van der Waals surface area contributed by atoms with Crippen molar-refractivity contribution in [1.82, 2.24) is 0 Å². The van der Waals surface area contributed by atoms with Crippen molar-refractivity contribution in [3.63, 3.8) is 0 Å². The summed E-state index contributed by atoms with van der Waals surface area (Å²) in [4.78, 5) is 20.5. The first kappa shape index (κ1) is 14.2. The van der Waals surface area contributed by atoms with Gasteiger partial charge in [0.2, 0.25) is 0 Å². The van der Waals surface area contributed by atoms with Crippen LogP contribution in [-0.4, -0.2) is 46.7 Å². The Morgan fingerprint density at radius 3 is 2.50 bits per heavy atom. The predicted molar refractivity (Wildman–Crippen MR) is 46.1 cm³/mol. The first-order chi connectivity index (χ1) is 5.16. The third-order valence-electron chi connectivity index (χ3n) is 1.06. The van der Waals surface area contributed by atoms with Gasteiger partial charge in [-0.05, 0) is 6.42 Å². The molecule has 0 aromatic heterocycles. The van der Waals surface area contributed by atoms with Crippen LogP contribution in [0, 0.1) is 0 Å². The van der Waals surface area contributed by atoms with Crippen LogP contribution >= 0.6 is 0 Å². The molecule has 0 heterocycles. The van der Waals surface area contributed by atoms with Gasteiger partial charge in [0.25, 0.3) is 0 Å². The largest absolute Gasteiger partial charge is 2.00 e. The molecule has 1 N–H and O–H groups in total. The topological polar surface area (TPSA) is 63.6 Å². The summed E-state index contributed by atoms with van der Waals surface area (Å²) in [6.45, 7) is 2.29. The fourth-order valence-electron chi connectivity index (χ4n) is 0.505. The Labute approximate surface area is 90.4 Å². The zero-order valence-corrected chi connectivity index (χ0v) is 8.62. The van der Waals surface area contributed by atoms with E-state index in [1.54, 1.807) is 0 Å². The second-order valence-electron chi connectivity index (χ2n) is 2.14. The van der Waals surface area contributed by atoms with Crippen LogP contribution in [0.2, 0.25) is 0 Å². The number of rotatable bonds is 5. The summed E-state index contributed by atoms with van der Waals surface area (Å²) in [5.41, 5.74) is 0. The first-order valence-corrected chi connectivity index (χ1v) is 3.54. The van der Waals surface area contributed by atoms with Crippen LogP contribution in [0.15, 0.2) is 0 Å². The molecule has 4 nitrogen and oxygen atoms in total. The molecular weight excluding hydrogens is 172 g/mol. The number of carboxylic acids is 1. The van der Waals surface area contributed by atoms with E-state index in [1.165, 1.54) is 0 Å². The Hall–Kier alpha value is -0.294. The summed E-state index contributed by atoms with van der Waals surface area (Å²) < 4.78 is 4.57. The molecule has 0 spiro atoms. The monoisotopic (exact) mass is 186 g/mol. The molecule has 0 atom stereocenters. The third kappa shape index (κ3) is 9.71. The number of hydrogen-bond donors (Lipinski definition) is 1. The third-order valence-corrected chi connectivity index (χ3v) is 1.06. The van der Waals surface area contributed by atoms with Crippen LogP contribution in [0.1, 0.15) is 29.0 Å². The van der Waals surface area contributed by atoms with Crippen molar-refractivity contribution in [2.24, 2.45) is 0 Å². The van der Waals surface area contributed by atoms with Gasteiger partial charge in [0.05, 0.1) is 6.61 Å². The standard InChI is InChI=1S/C7H12O4.Mg.2H/c1-2-3-4-11-7(10)5-6(8)9;;;/h2-5H2,1H3,(H,8,9);;;/q;+2;2*-1. The van der Waals surface area contributed by atoms with Crippen LogP contribution in [0.3, 0.4) is 0 Å². The van der Waals surface area contributed by atoms with E-state index in [4.69, 9.17) is 5.11 Å². The van der Waals surface area contributed by atoms with Gasteiger partial charge in [0, 0.05) is 0 Å². The molecule has 0 aliphatic carbocycles. The van der Waals surface area contributed by atoms with E-state index in [-0.39, 0.29) is 25.9 Å². The van der Waals surface area contributed by atoms with Gasteiger partial charge in [-0.3, -0.25) is 9.59 Å². The summed E-state index contributed by atoms with van der Waals surface area (Å²) in [6, 6.07) is 0. The van der Waals surface area contributed by atoms with E-state index in [0.717, 1.165) is 12.8 Å². The molecule has 12 heavy (non-hydrogen) atoms. The molecule has 0 aromatic carbocycles. The minimum Gasteiger partial charge on any atom is -1.00 e. The van der Waals surface area contributed by atoms with Crippen LogP contribution in [0.4, 0.5) is 0 Å². The minimum absolute atomic E-state index is 0. The maximum atomic E-state index is 10.5. The SMILES string of the molecule is CCCCOC(=O)CC(=O)O.[H-].[H-].[Mg+2]. The molecule has 68 valence electrons. The van der Waals surface area contributed by atoms with Gasteiger partial charge in [-0.1, -0.05) is 13.3 Å². The number of ether oxygens (including phenoxy) is 1. The molecule has 0 aromatic rings. The van der Waals surface area contributed by atoms with Gasteiger partial charge < -0.3 is 12.7 Å². The van der Waals surface area contributed by atoms with Gasteiger partial charge >= 0.3 is 35.0 Å². The number of carbonyl (C=O) groups excluding carboxylic acids is 1. The Morgan fingerprint density at radius 2 is 2.08 bits per heavy atom. The number of hydrogen-bond acceptors (Lipinski definition) is 3. The molecule has 0 radical (unpaired) electrons. The van der Waals surface area contributed by atoms with E-state index in [9.17, 15) is 9.59 Å². The summed E-state index contributed by atoms with van der Waals surface area (Å²) in [6.07, 6.45) is 1.18. The molecule has 5 heteroatoms. The predicted octanol–water partition coefficient (Wildman–Crippen LogP) is 0.649. The molecule has 0 bridgehead atoms. The average Bonchev–Trinajstić information content (AvgIpc) is 1.86. The van der Waals surface area contributed by atoms with Crippen LogP contribution in [0.5, 0.6) is 0 Å². The summed E-state index contributed by atoms with van der Waals surface area (Å²) >= 11 is 0. The number of aliphatic carboxylic acids is 1. The van der Waals surface area contributed by atoms with Gasteiger partial charge in [-0.15, -0.1) is 0 Å². The zero-order valence-electron chi connectivity index (χ0n) is 9.21. The Kier molecular flexibility index (Phi) is 10.4. The molecule has 0 saturated heterocycles. The summed E-state index contributed by atoms with van der Waals surface area (Å²) in [5.74, 6) is -1.81. The van der Waals surface area contributed by atoms with E-state index >= 15 is 0 Å². The van der Waals surface area contributed by atoms with Crippen LogP contribution in [0.25, 0.3) is 0 Å². The number of carbonyl (C=O) groups is 2. The second kappa shape index (κ2) is 8.80. The number of esters is 1. The smallest absolute Gasteiger partial charge is 1.00 e. The summed E-state index contributed by atoms with van der Waals surface area (Å²) in [7, 11) is 0. The number of carboxylic acid groups (broad SMARTS) is 1. The molecule has 0 saturated carbocycles. The van der Waals surface area contributed by atoms with E-state index in [0.29, 0.717) is 6.61 Å². The van der Waals surface area contributed by atoms with Crippen molar-refractivity contribution in [1.29, 1.82) is 0 Å². The average molecular weight is 186 g/mol. The van der Waals surface area contributed by atoms with Gasteiger partial charge in [-0.25, -0.2) is 0 Å². The Bertz CT molecular complexity index is 155. The van der Waals surface area contributed by atoms with Crippen molar-refractivity contribution in [3.8, 4) is 0 Å². The quantitative estimate of drug-likeness (QED) is 0.296. The fraction of sp³-hybridized carbons (Fsp3) is 0.714. The molecule has 0 unspecified atom stereocenters. The van der Waals surface area contributed by atoms with E-state index < -0.39 is 18.4 Å². The first-order valence-electron chi connectivity index (χ1n) is 3.54. The molecule has 0 aliphatic heterocycles. The van der Waals surface area contributed by atoms with E-state index in [1.807, 2.05) is 6.92 Å². The van der Waals surface area contributed by atoms with Crippen molar-refractivity contribution in [2.45, 2.75) is 26.2 Å². The zero-order chi connectivity index (χ0) is 8.69. The molecular formula is C7H14MgO4. The van der Waals surface area contributed by atoms with Crippen molar-refractivity contribution < 1.29 is 22.3 Å². The minimum atomic E-state index is -1.15. The number of unbranched alkanes of at least 4 members (excludes halogenated alkanes) is 1. The maximum absolute atomic E-state index is 10.5. The Morgan fingerprint density at radius 1 is 1.50 bits per heavy atom. The molecule has 0 aliphatic rings. The van der Waals surface area contributed by atoms with Gasteiger partial charge in [0.1, 0.15) is 6.42 Å². The molecule has 0 fully saturated rings. The second-order valence-corrected chi connectivity index (χ2v) is 2.14. The van der Waals surface area contributed by atoms with Crippen LogP contribution in [-0.2, 0) is 14.3 Å². The molecule has 0 amide bonds. The summed E-state index contributed by atoms with van der Waals surface area (Å²) in [5, 5.41) is 8.14. The normalized spacial score (nSPS) is 8.42. The molecule has 0 rings (SSSR count). The van der Waals surface area contributed by atoms with Gasteiger partial charge in [0.15, 0.2) is 0 Å². The van der Waals surface area contributed by atoms with Crippen LogP contribution < -0.4 is 0 Å². The fourth-order valence-corrected chi connectivity index (χ4v) is 0.505. The van der Waals surface area contributed by atoms with Crippen molar-refractivity contribution in [3.05, 3.63) is 0 Å². The van der Waals surface area contributed by atoms with Crippen molar-refractivity contribution >= 4 is 35.0 Å². The van der Waals surface area contributed by atoms with Gasteiger partial charge in [-0.2, -0.15) is 0 Å². The maximum Gasteiger partial charge on any atom is 2.00 e. The van der Waals surface area contributed by atoms with E-state index in [2.05, 4.69) is 4.74 Å². The van der Waals surface area contributed by atoms with Crippen molar-refractivity contribution in [2.75, 3.05) is 6.61 Å². The Balaban J connectivity index is -0.000000167.